The van der Waals surface area contributed by atoms with E-state index in [4.69, 9.17) is 0 Å². The average Bonchev–Trinajstić information content (AvgIpc) is 3.24. The Morgan fingerprint density at radius 1 is 1.14 bits per heavy atom. The van der Waals surface area contributed by atoms with E-state index in [0.717, 1.165) is 23.4 Å². The lowest BCUT2D eigenvalue weighted by Gasteiger charge is -2.17. The molecule has 0 spiro atoms. The van der Waals surface area contributed by atoms with Crippen LogP contribution in [0.1, 0.15) is 24.3 Å². The summed E-state index contributed by atoms with van der Waals surface area (Å²) in [5.41, 5.74) is 2.32. The molecule has 0 atom stereocenters. The van der Waals surface area contributed by atoms with Crippen molar-refractivity contribution in [2.24, 2.45) is 0 Å². The zero-order valence-electron chi connectivity index (χ0n) is 15.3. The molecule has 1 aliphatic heterocycles. The first-order valence-electron chi connectivity index (χ1n) is 9.26. The molecule has 0 bridgehead atoms. The highest BCUT2D eigenvalue weighted by Gasteiger charge is 2.28. The molecule has 1 N–H and O–H groups in total. The molecule has 28 heavy (non-hydrogen) atoms. The van der Waals surface area contributed by atoms with Crippen molar-refractivity contribution in [1.29, 1.82) is 0 Å². The molecule has 146 valence electrons. The smallest absolute Gasteiger partial charge is 0.235 e. The van der Waals surface area contributed by atoms with Gasteiger partial charge in [0.25, 0.3) is 0 Å². The van der Waals surface area contributed by atoms with Crippen LogP contribution >= 0.6 is 11.3 Å². The predicted octanol–water partition coefficient (Wildman–Crippen LogP) is 3.80. The number of carbonyl (C=O) groups excluding carboxylic acids is 1. The number of hydrogen-bond acceptors (Lipinski definition) is 5. The summed E-state index contributed by atoms with van der Waals surface area (Å²) in [6.45, 7) is 0.514. The van der Waals surface area contributed by atoms with Gasteiger partial charge < -0.3 is 5.32 Å². The first kappa shape index (κ1) is 18.9. The quantitative estimate of drug-likeness (QED) is 0.664. The van der Waals surface area contributed by atoms with E-state index < -0.39 is 10.0 Å². The molecular formula is C20H21N3O3S2. The molecule has 2 heterocycles. The Labute approximate surface area is 168 Å². The third-order valence-electron chi connectivity index (χ3n) is 4.67. The molecule has 0 radical (unpaired) electrons. The average molecular weight is 416 g/mol. The summed E-state index contributed by atoms with van der Waals surface area (Å²) < 4.78 is 26.5. The van der Waals surface area contributed by atoms with Crippen LogP contribution in [0, 0.1) is 0 Å². The van der Waals surface area contributed by atoms with Crippen molar-refractivity contribution >= 4 is 48.9 Å². The van der Waals surface area contributed by atoms with Crippen molar-refractivity contribution in [3.8, 4) is 0 Å². The van der Waals surface area contributed by atoms with E-state index in [-0.39, 0.29) is 11.7 Å². The number of aryl methyl sites for hydroxylation is 1. The predicted molar refractivity (Wildman–Crippen MR) is 113 cm³/mol. The number of amides is 1. The molecule has 1 amide bonds. The van der Waals surface area contributed by atoms with Crippen LogP contribution in [-0.2, 0) is 21.2 Å². The number of benzene rings is 2. The third kappa shape index (κ3) is 4.18. The van der Waals surface area contributed by atoms with Crippen LogP contribution in [0.5, 0.6) is 0 Å². The monoisotopic (exact) mass is 415 g/mol. The molecule has 6 nitrogen and oxygen atoms in total. The van der Waals surface area contributed by atoms with Gasteiger partial charge in [-0.1, -0.05) is 12.1 Å². The maximum atomic E-state index is 12.2. The molecule has 1 fully saturated rings. The molecule has 4 rings (SSSR count). The van der Waals surface area contributed by atoms with Gasteiger partial charge in [-0.2, -0.15) is 0 Å². The number of carbonyl (C=O) groups is 1. The number of para-hydroxylation sites is 1. The van der Waals surface area contributed by atoms with Gasteiger partial charge in [-0.25, -0.2) is 13.4 Å². The largest absolute Gasteiger partial charge is 0.326 e. The van der Waals surface area contributed by atoms with Crippen molar-refractivity contribution in [2.45, 2.75) is 25.7 Å². The minimum absolute atomic E-state index is 0.0531. The molecule has 2 aromatic carbocycles. The minimum atomic E-state index is -3.18. The van der Waals surface area contributed by atoms with E-state index in [0.29, 0.717) is 30.8 Å². The Kier molecular flexibility index (Phi) is 5.32. The van der Waals surface area contributed by atoms with Crippen molar-refractivity contribution in [3.05, 3.63) is 53.5 Å². The van der Waals surface area contributed by atoms with Crippen LogP contribution in [0.3, 0.4) is 0 Å². The topological polar surface area (TPSA) is 79.4 Å². The number of sulfonamides is 1. The third-order valence-corrected chi connectivity index (χ3v) is 7.64. The standard InChI is InChI=1S/C20H21N3O3S2/c24-19(7-3-8-20-22-17-5-1-2-6-18(17)27-20)21-15-9-11-16(12-10-15)23-13-4-14-28(23,25)26/h1-2,5-6,9-12H,3-4,7-8,13-14H2,(H,21,24). The van der Waals surface area contributed by atoms with E-state index in [2.05, 4.69) is 16.4 Å². The highest BCUT2D eigenvalue weighted by atomic mass is 32.2. The van der Waals surface area contributed by atoms with E-state index in [9.17, 15) is 13.2 Å². The van der Waals surface area contributed by atoms with Gasteiger partial charge in [-0.15, -0.1) is 11.3 Å². The Balaban J connectivity index is 1.29. The fourth-order valence-corrected chi connectivity index (χ4v) is 5.86. The van der Waals surface area contributed by atoms with Gasteiger partial charge in [0.2, 0.25) is 15.9 Å². The zero-order chi connectivity index (χ0) is 19.6. The lowest BCUT2D eigenvalue weighted by molar-refractivity contribution is -0.116. The second-order valence-electron chi connectivity index (χ2n) is 6.77. The lowest BCUT2D eigenvalue weighted by atomic mass is 10.2. The van der Waals surface area contributed by atoms with Gasteiger partial charge in [0, 0.05) is 18.7 Å². The molecule has 0 unspecified atom stereocenters. The van der Waals surface area contributed by atoms with Crippen LogP contribution in [0.4, 0.5) is 11.4 Å². The number of thiazole rings is 1. The Morgan fingerprint density at radius 3 is 2.64 bits per heavy atom. The van der Waals surface area contributed by atoms with E-state index in [1.165, 1.54) is 9.01 Å². The summed E-state index contributed by atoms with van der Waals surface area (Å²) in [5.74, 6) is 0.141. The number of nitrogens with one attached hydrogen (secondary N) is 1. The van der Waals surface area contributed by atoms with Gasteiger partial charge >= 0.3 is 0 Å². The van der Waals surface area contributed by atoms with Crippen molar-refractivity contribution in [2.75, 3.05) is 21.9 Å². The summed E-state index contributed by atoms with van der Waals surface area (Å²) >= 11 is 1.67. The Hall–Kier alpha value is -2.45. The number of anilines is 2. The summed E-state index contributed by atoms with van der Waals surface area (Å²) in [5, 5.41) is 3.92. The normalized spacial score (nSPS) is 15.8. The minimum Gasteiger partial charge on any atom is -0.326 e. The number of nitrogens with zero attached hydrogens (tertiary/aromatic N) is 2. The molecule has 1 aliphatic rings. The number of fused-ring (bicyclic) bond motifs is 1. The number of hydrogen-bond donors (Lipinski definition) is 1. The van der Waals surface area contributed by atoms with Crippen molar-refractivity contribution in [1.82, 2.24) is 4.98 Å². The van der Waals surface area contributed by atoms with E-state index in [1.807, 2.05) is 18.2 Å². The van der Waals surface area contributed by atoms with Crippen molar-refractivity contribution < 1.29 is 13.2 Å². The molecule has 1 saturated heterocycles. The molecule has 0 saturated carbocycles. The summed E-state index contributed by atoms with van der Waals surface area (Å²) in [4.78, 5) is 16.8. The summed E-state index contributed by atoms with van der Waals surface area (Å²) in [7, 11) is -3.18. The zero-order valence-corrected chi connectivity index (χ0v) is 16.9. The van der Waals surface area contributed by atoms with E-state index >= 15 is 0 Å². The van der Waals surface area contributed by atoms with Gasteiger partial charge in [0.05, 0.1) is 26.7 Å². The maximum Gasteiger partial charge on any atom is 0.235 e. The molecule has 1 aromatic heterocycles. The highest BCUT2D eigenvalue weighted by Crippen LogP contribution is 2.26. The lowest BCUT2D eigenvalue weighted by Crippen LogP contribution is -2.24. The van der Waals surface area contributed by atoms with Gasteiger partial charge in [-0.05, 0) is 55.7 Å². The van der Waals surface area contributed by atoms with Crippen LogP contribution in [0.25, 0.3) is 10.2 Å². The first-order valence-corrected chi connectivity index (χ1v) is 11.7. The Morgan fingerprint density at radius 2 is 1.93 bits per heavy atom. The highest BCUT2D eigenvalue weighted by molar-refractivity contribution is 7.93. The van der Waals surface area contributed by atoms with Gasteiger partial charge in [0.1, 0.15) is 0 Å². The summed E-state index contributed by atoms with van der Waals surface area (Å²) in [6.07, 6.45) is 2.57. The fraction of sp³-hybridized carbons (Fsp3) is 0.300. The van der Waals surface area contributed by atoms with E-state index in [1.54, 1.807) is 35.6 Å². The maximum absolute atomic E-state index is 12.2. The molecule has 8 heteroatoms. The molecule has 0 aliphatic carbocycles. The number of rotatable bonds is 6. The summed E-state index contributed by atoms with van der Waals surface area (Å²) in [6, 6.07) is 15.0. The molecular weight excluding hydrogens is 394 g/mol. The van der Waals surface area contributed by atoms with Crippen molar-refractivity contribution in [3.63, 3.8) is 0 Å². The van der Waals surface area contributed by atoms with Crippen LogP contribution < -0.4 is 9.62 Å². The van der Waals surface area contributed by atoms with Crippen LogP contribution in [-0.4, -0.2) is 31.6 Å². The van der Waals surface area contributed by atoms with Crippen LogP contribution in [0.15, 0.2) is 48.5 Å². The number of aromatic nitrogens is 1. The molecule has 3 aromatic rings. The van der Waals surface area contributed by atoms with Crippen LogP contribution in [0.2, 0.25) is 0 Å². The second kappa shape index (κ2) is 7.89. The van der Waals surface area contributed by atoms with Gasteiger partial charge in [0.15, 0.2) is 0 Å². The fourth-order valence-electron chi connectivity index (χ4n) is 3.29. The second-order valence-corrected chi connectivity index (χ2v) is 9.89. The SMILES string of the molecule is O=C(CCCc1nc2ccccc2s1)Nc1ccc(N2CCCS2(=O)=O)cc1. The first-order chi connectivity index (χ1) is 13.5. The van der Waals surface area contributed by atoms with Gasteiger partial charge in [-0.3, -0.25) is 9.10 Å². The Bertz CT molecular complexity index is 1060.